The van der Waals surface area contributed by atoms with Gasteiger partial charge in [0.25, 0.3) is 5.91 Å². The van der Waals surface area contributed by atoms with Gasteiger partial charge in [0, 0.05) is 17.0 Å². The van der Waals surface area contributed by atoms with Crippen LogP contribution in [0.25, 0.3) is 11.3 Å². The van der Waals surface area contributed by atoms with Crippen LogP contribution in [-0.2, 0) is 9.84 Å². The summed E-state index contributed by atoms with van der Waals surface area (Å²) in [6.07, 6.45) is 2.07. The molecule has 0 aromatic carbocycles. The molecule has 1 saturated heterocycles. The maximum Gasteiger partial charge on any atom is 0.261 e. The van der Waals surface area contributed by atoms with Gasteiger partial charge < -0.3 is 9.73 Å². The molecule has 5 nitrogen and oxygen atoms in total. The fraction of sp³-hybridized carbons (Fsp3) is 0.308. The first-order valence-electron chi connectivity index (χ1n) is 6.17. The number of thiophene rings is 1. The van der Waals surface area contributed by atoms with Gasteiger partial charge in [-0.2, -0.15) is 0 Å². The van der Waals surface area contributed by atoms with Crippen LogP contribution in [0, 0.1) is 0 Å². The highest BCUT2D eigenvalue weighted by Crippen LogP contribution is 2.26. The highest BCUT2D eigenvalue weighted by molar-refractivity contribution is 7.91. The van der Waals surface area contributed by atoms with Crippen molar-refractivity contribution in [3.8, 4) is 11.3 Å². The maximum atomic E-state index is 12.1. The van der Waals surface area contributed by atoms with Crippen LogP contribution < -0.4 is 5.32 Å². The predicted octanol–water partition coefficient (Wildman–Crippen LogP) is 1.93. The quantitative estimate of drug-likeness (QED) is 0.939. The molecule has 2 aromatic heterocycles. The van der Waals surface area contributed by atoms with Crippen molar-refractivity contribution >= 4 is 27.1 Å². The fourth-order valence-electron chi connectivity index (χ4n) is 2.19. The average Bonchev–Trinajstić information content (AvgIpc) is 3.08. The molecule has 1 aliphatic heterocycles. The van der Waals surface area contributed by atoms with E-state index in [1.54, 1.807) is 18.4 Å². The van der Waals surface area contributed by atoms with Gasteiger partial charge in [-0.1, -0.05) is 0 Å². The van der Waals surface area contributed by atoms with Gasteiger partial charge in [0.1, 0.15) is 5.76 Å². The Labute approximate surface area is 120 Å². The Balaban J connectivity index is 1.69. The smallest absolute Gasteiger partial charge is 0.261 e. The normalized spacial score (nSPS) is 20.9. The Bertz CT molecular complexity index is 715. The summed E-state index contributed by atoms with van der Waals surface area (Å²) < 4.78 is 28.0. The number of furan rings is 1. The Morgan fingerprint density at radius 3 is 2.95 bits per heavy atom. The topological polar surface area (TPSA) is 76.4 Å². The van der Waals surface area contributed by atoms with Crippen molar-refractivity contribution in [2.75, 3.05) is 11.5 Å². The highest BCUT2D eigenvalue weighted by Gasteiger charge is 2.29. The SMILES string of the molecule is O=C(NC1CCS(=O)(=O)C1)c1cc(-c2ccco2)cs1. The number of hydrogen-bond acceptors (Lipinski definition) is 5. The van der Waals surface area contributed by atoms with Crippen molar-refractivity contribution in [3.63, 3.8) is 0 Å². The molecular formula is C13H13NO4S2. The Morgan fingerprint density at radius 1 is 1.45 bits per heavy atom. The monoisotopic (exact) mass is 311 g/mol. The summed E-state index contributed by atoms with van der Waals surface area (Å²) in [5.41, 5.74) is 0.851. The van der Waals surface area contributed by atoms with Crippen LogP contribution in [0.4, 0.5) is 0 Å². The minimum absolute atomic E-state index is 0.0369. The van der Waals surface area contributed by atoms with Gasteiger partial charge in [0.05, 0.1) is 22.6 Å². The number of rotatable bonds is 3. The van der Waals surface area contributed by atoms with Crippen molar-refractivity contribution < 1.29 is 17.6 Å². The summed E-state index contributed by atoms with van der Waals surface area (Å²) in [4.78, 5) is 12.6. The Kier molecular flexibility index (Phi) is 3.39. The van der Waals surface area contributed by atoms with Gasteiger partial charge in [-0.15, -0.1) is 11.3 Å². The van der Waals surface area contributed by atoms with Crippen molar-refractivity contribution in [1.29, 1.82) is 0 Å². The molecule has 1 fully saturated rings. The number of sulfone groups is 1. The average molecular weight is 311 g/mol. The van der Waals surface area contributed by atoms with Crippen molar-refractivity contribution in [1.82, 2.24) is 5.32 Å². The van der Waals surface area contributed by atoms with Crippen LogP contribution in [0.1, 0.15) is 16.1 Å². The van der Waals surface area contributed by atoms with Crippen LogP contribution in [0.15, 0.2) is 34.3 Å². The third-order valence-electron chi connectivity index (χ3n) is 3.20. The first-order chi connectivity index (χ1) is 9.53. The minimum atomic E-state index is -2.98. The van der Waals surface area contributed by atoms with Crippen LogP contribution in [0.5, 0.6) is 0 Å². The van der Waals surface area contributed by atoms with E-state index in [4.69, 9.17) is 4.42 Å². The first kappa shape index (κ1) is 13.4. The van der Waals surface area contributed by atoms with Crippen molar-refractivity contribution in [2.45, 2.75) is 12.5 Å². The first-order valence-corrected chi connectivity index (χ1v) is 8.87. The molecule has 1 unspecified atom stereocenters. The molecule has 1 N–H and O–H groups in total. The molecule has 0 bridgehead atoms. The zero-order valence-corrected chi connectivity index (χ0v) is 12.2. The van der Waals surface area contributed by atoms with E-state index in [1.807, 2.05) is 11.4 Å². The third-order valence-corrected chi connectivity index (χ3v) is 5.89. The number of amides is 1. The molecule has 106 valence electrons. The van der Waals surface area contributed by atoms with Crippen molar-refractivity contribution in [2.24, 2.45) is 0 Å². The van der Waals surface area contributed by atoms with E-state index >= 15 is 0 Å². The van der Waals surface area contributed by atoms with E-state index in [-0.39, 0.29) is 23.5 Å². The second kappa shape index (κ2) is 5.06. The molecule has 0 saturated carbocycles. The molecule has 2 aromatic rings. The lowest BCUT2D eigenvalue weighted by atomic mass is 10.2. The molecule has 0 aliphatic carbocycles. The predicted molar refractivity (Wildman–Crippen MR) is 76.5 cm³/mol. The largest absolute Gasteiger partial charge is 0.464 e. The van der Waals surface area contributed by atoms with Gasteiger partial charge in [0.2, 0.25) is 0 Å². The molecule has 1 atom stereocenters. The molecule has 3 rings (SSSR count). The van der Waals surface area contributed by atoms with Gasteiger partial charge in [-0.25, -0.2) is 8.42 Å². The van der Waals surface area contributed by atoms with Gasteiger partial charge >= 0.3 is 0 Å². The van der Waals surface area contributed by atoms with Crippen LogP contribution in [-0.4, -0.2) is 31.9 Å². The van der Waals surface area contributed by atoms with Crippen molar-refractivity contribution in [3.05, 3.63) is 34.7 Å². The van der Waals surface area contributed by atoms with E-state index in [9.17, 15) is 13.2 Å². The van der Waals surface area contributed by atoms with Gasteiger partial charge in [0.15, 0.2) is 9.84 Å². The number of carbonyl (C=O) groups excluding carboxylic acids is 1. The maximum absolute atomic E-state index is 12.1. The highest BCUT2D eigenvalue weighted by atomic mass is 32.2. The zero-order valence-electron chi connectivity index (χ0n) is 10.5. The Hall–Kier alpha value is -1.60. The summed E-state index contributed by atoms with van der Waals surface area (Å²) in [5, 5.41) is 4.62. The molecule has 0 spiro atoms. The van der Waals surface area contributed by atoms with Crippen LogP contribution in [0.2, 0.25) is 0 Å². The molecule has 7 heteroatoms. The van der Waals surface area contributed by atoms with Crippen LogP contribution in [0.3, 0.4) is 0 Å². The summed E-state index contributed by atoms with van der Waals surface area (Å²) >= 11 is 1.32. The van der Waals surface area contributed by atoms with Gasteiger partial charge in [-0.3, -0.25) is 4.79 Å². The van der Waals surface area contributed by atoms with Gasteiger partial charge in [-0.05, 0) is 24.6 Å². The van der Waals surface area contributed by atoms with E-state index in [0.29, 0.717) is 17.1 Å². The lowest BCUT2D eigenvalue weighted by molar-refractivity contribution is 0.0945. The molecule has 0 radical (unpaired) electrons. The second-order valence-corrected chi connectivity index (χ2v) is 7.89. The molecular weight excluding hydrogens is 298 g/mol. The molecule has 1 aliphatic rings. The van der Waals surface area contributed by atoms with E-state index < -0.39 is 9.84 Å². The van der Waals surface area contributed by atoms with E-state index in [1.165, 1.54) is 11.3 Å². The lowest BCUT2D eigenvalue weighted by Gasteiger charge is -2.09. The molecule has 20 heavy (non-hydrogen) atoms. The number of nitrogens with one attached hydrogen (secondary N) is 1. The number of carbonyl (C=O) groups is 1. The summed E-state index contributed by atoms with van der Waals surface area (Å²) in [5.74, 6) is 0.675. The number of hydrogen-bond donors (Lipinski definition) is 1. The van der Waals surface area contributed by atoms with Crippen LogP contribution >= 0.6 is 11.3 Å². The molecule has 1 amide bonds. The standard InChI is InChI=1S/C13H13NO4S2/c15-13(14-10-3-5-20(16,17)8-10)12-6-9(7-19-12)11-2-1-4-18-11/h1-2,4,6-7,10H,3,5,8H2,(H,14,15). The second-order valence-electron chi connectivity index (χ2n) is 4.75. The minimum Gasteiger partial charge on any atom is -0.464 e. The lowest BCUT2D eigenvalue weighted by Crippen LogP contribution is -2.35. The summed E-state index contributed by atoms with van der Waals surface area (Å²) in [6, 6.07) is 5.09. The van der Waals surface area contributed by atoms with E-state index in [2.05, 4.69) is 5.32 Å². The van der Waals surface area contributed by atoms with E-state index in [0.717, 1.165) is 5.56 Å². The molecule has 3 heterocycles. The zero-order chi connectivity index (χ0) is 14.2. The summed E-state index contributed by atoms with van der Waals surface area (Å²) in [6.45, 7) is 0. The summed E-state index contributed by atoms with van der Waals surface area (Å²) in [7, 11) is -2.98. The Morgan fingerprint density at radius 2 is 2.30 bits per heavy atom. The third kappa shape index (κ3) is 2.78. The fourth-order valence-corrected chi connectivity index (χ4v) is 4.67.